The molecule has 2 N–H and O–H groups in total. The van der Waals surface area contributed by atoms with Crippen molar-refractivity contribution in [3.8, 4) is 0 Å². The molecule has 0 unspecified atom stereocenters. The second-order valence-electron chi connectivity index (χ2n) is 4.79. The Morgan fingerprint density at radius 2 is 2.21 bits per heavy atom. The van der Waals surface area contributed by atoms with E-state index in [1.54, 1.807) is 6.07 Å². The highest BCUT2D eigenvalue weighted by molar-refractivity contribution is 7.89. The number of hydrogen-bond donors (Lipinski definition) is 1. The Bertz CT molecular complexity index is 559. The van der Waals surface area contributed by atoms with Crippen LogP contribution in [0.4, 0.5) is 0 Å². The maximum Gasteiger partial charge on any atom is 0.244 e. The number of nitrogens with zero attached hydrogens (tertiary/aromatic N) is 2. The molecule has 6 nitrogen and oxygen atoms in total. The van der Waals surface area contributed by atoms with Gasteiger partial charge in [0.15, 0.2) is 0 Å². The first-order chi connectivity index (χ1) is 8.93. The lowest BCUT2D eigenvalue weighted by Crippen LogP contribution is -2.48. The van der Waals surface area contributed by atoms with Crippen LogP contribution in [0, 0.1) is 5.92 Å². The van der Waals surface area contributed by atoms with Gasteiger partial charge in [-0.1, -0.05) is 0 Å². The molecule has 19 heavy (non-hydrogen) atoms. The van der Waals surface area contributed by atoms with Crippen LogP contribution in [0.3, 0.4) is 0 Å². The molecular weight excluding hydrogens is 266 g/mol. The summed E-state index contributed by atoms with van der Waals surface area (Å²) in [6, 6.07) is 2.94. The fourth-order valence-electron chi connectivity index (χ4n) is 2.28. The molecule has 1 aromatic rings. The van der Waals surface area contributed by atoms with Gasteiger partial charge in [-0.3, -0.25) is 9.78 Å². The number of rotatable bonds is 3. The first-order valence-electron chi connectivity index (χ1n) is 6.14. The van der Waals surface area contributed by atoms with Crippen LogP contribution in [0.1, 0.15) is 19.8 Å². The highest BCUT2D eigenvalue weighted by atomic mass is 32.2. The van der Waals surface area contributed by atoms with Crippen LogP contribution in [0.25, 0.3) is 0 Å². The van der Waals surface area contributed by atoms with Crippen LogP contribution in [-0.4, -0.2) is 36.2 Å². The molecule has 1 aliphatic rings. The van der Waals surface area contributed by atoms with E-state index in [0.717, 1.165) is 0 Å². The van der Waals surface area contributed by atoms with Gasteiger partial charge >= 0.3 is 0 Å². The van der Waals surface area contributed by atoms with Crippen LogP contribution in [0.5, 0.6) is 0 Å². The number of nitrogens with two attached hydrogens (primary N) is 1. The molecule has 2 heterocycles. The molecular formula is C12H17N3O3S. The second kappa shape index (κ2) is 5.26. The van der Waals surface area contributed by atoms with E-state index in [1.165, 1.54) is 22.8 Å². The Hall–Kier alpha value is -1.47. The minimum absolute atomic E-state index is 0.138. The predicted molar refractivity (Wildman–Crippen MR) is 69.5 cm³/mol. The van der Waals surface area contributed by atoms with Gasteiger partial charge in [0.05, 0.1) is 5.92 Å². The average molecular weight is 283 g/mol. The lowest BCUT2D eigenvalue weighted by Gasteiger charge is -2.35. The van der Waals surface area contributed by atoms with E-state index in [-0.39, 0.29) is 17.5 Å². The number of amides is 1. The van der Waals surface area contributed by atoms with Crippen molar-refractivity contribution < 1.29 is 13.2 Å². The number of hydrogen-bond acceptors (Lipinski definition) is 4. The number of primary amides is 1. The van der Waals surface area contributed by atoms with Crippen molar-refractivity contribution in [2.45, 2.75) is 30.7 Å². The van der Waals surface area contributed by atoms with Crippen molar-refractivity contribution in [2.24, 2.45) is 11.7 Å². The third-order valence-corrected chi connectivity index (χ3v) is 5.43. The van der Waals surface area contributed by atoms with Crippen LogP contribution in [0.15, 0.2) is 29.4 Å². The largest absolute Gasteiger partial charge is 0.369 e. The molecule has 0 saturated carbocycles. The summed E-state index contributed by atoms with van der Waals surface area (Å²) in [6.07, 6.45) is 4.10. The number of carbonyl (C=O) groups is 1. The minimum Gasteiger partial charge on any atom is -0.369 e. The number of carbonyl (C=O) groups excluding carboxylic acids is 1. The van der Waals surface area contributed by atoms with Crippen molar-refractivity contribution in [2.75, 3.05) is 6.54 Å². The minimum atomic E-state index is -3.61. The molecule has 7 heteroatoms. The van der Waals surface area contributed by atoms with Crippen LogP contribution in [-0.2, 0) is 14.8 Å². The Morgan fingerprint density at radius 3 is 2.79 bits per heavy atom. The van der Waals surface area contributed by atoms with Crippen molar-refractivity contribution >= 4 is 15.9 Å². The predicted octanol–water partition coefficient (Wildman–Crippen LogP) is 0.356. The summed E-state index contributed by atoms with van der Waals surface area (Å²) < 4.78 is 26.3. The van der Waals surface area contributed by atoms with Gasteiger partial charge in [-0.05, 0) is 31.9 Å². The SMILES string of the molecule is C[C@@H]1CC[C@H](C(N)=O)CN1S(=O)(=O)c1cccnc1. The van der Waals surface area contributed by atoms with Crippen molar-refractivity contribution in [3.63, 3.8) is 0 Å². The summed E-state index contributed by atoms with van der Waals surface area (Å²) in [7, 11) is -3.61. The van der Waals surface area contributed by atoms with E-state index in [0.29, 0.717) is 12.8 Å². The van der Waals surface area contributed by atoms with Gasteiger partial charge in [-0.2, -0.15) is 4.31 Å². The van der Waals surface area contributed by atoms with Gasteiger partial charge in [0.2, 0.25) is 15.9 Å². The Balaban J connectivity index is 2.31. The second-order valence-corrected chi connectivity index (χ2v) is 6.68. The molecule has 1 amide bonds. The standard InChI is InChI=1S/C12H17N3O3S/c1-9-4-5-10(12(13)16)8-15(9)19(17,18)11-3-2-6-14-7-11/h2-3,6-7,9-10H,4-5,8H2,1H3,(H2,13,16)/t9-,10+/m1/s1. The number of piperidine rings is 1. The van der Waals surface area contributed by atoms with Gasteiger partial charge < -0.3 is 5.73 Å². The first kappa shape index (κ1) is 14.0. The summed E-state index contributed by atoms with van der Waals surface area (Å²) >= 11 is 0. The Morgan fingerprint density at radius 1 is 1.47 bits per heavy atom. The van der Waals surface area contributed by atoms with Crippen molar-refractivity contribution in [1.82, 2.24) is 9.29 Å². The molecule has 1 aromatic heterocycles. The quantitative estimate of drug-likeness (QED) is 0.866. The molecule has 2 atom stereocenters. The number of pyridine rings is 1. The molecule has 0 aliphatic carbocycles. The summed E-state index contributed by atoms with van der Waals surface area (Å²) in [5.41, 5.74) is 5.28. The van der Waals surface area contributed by atoms with E-state index in [1.807, 2.05) is 6.92 Å². The zero-order chi connectivity index (χ0) is 14.0. The van der Waals surface area contributed by atoms with E-state index >= 15 is 0 Å². The summed E-state index contributed by atoms with van der Waals surface area (Å²) in [4.78, 5) is 15.2. The highest BCUT2D eigenvalue weighted by Crippen LogP contribution is 2.27. The third-order valence-electron chi connectivity index (χ3n) is 3.47. The summed E-state index contributed by atoms with van der Waals surface area (Å²) in [5, 5.41) is 0. The lowest BCUT2D eigenvalue weighted by molar-refractivity contribution is -0.123. The summed E-state index contributed by atoms with van der Waals surface area (Å²) in [5.74, 6) is -0.860. The molecule has 1 fully saturated rings. The normalized spacial score (nSPS) is 25.1. The van der Waals surface area contributed by atoms with Crippen LogP contribution < -0.4 is 5.73 Å². The fraction of sp³-hybridized carbons (Fsp3) is 0.500. The molecule has 0 aromatic carbocycles. The van der Waals surface area contributed by atoms with Gasteiger partial charge in [0.25, 0.3) is 0 Å². The zero-order valence-electron chi connectivity index (χ0n) is 10.7. The maximum atomic E-state index is 12.5. The molecule has 0 radical (unpaired) electrons. The molecule has 0 bridgehead atoms. The number of sulfonamides is 1. The third kappa shape index (κ3) is 2.76. The summed E-state index contributed by atoms with van der Waals surface area (Å²) in [6.45, 7) is 1.98. The van der Waals surface area contributed by atoms with Crippen molar-refractivity contribution in [1.29, 1.82) is 0 Å². The molecule has 1 aliphatic heterocycles. The van der Waals surface area contributed by atoms with Crippen molar-refractivity contribution in [3.05, 3.63) is 24.5 Å². The fourth-order valence-corrected chi connectivity index (χ4v) is 3.95. The van der Waals surface area contributed by atoms with Gasteiger partial charge in [-0.15, -0.1) is 0 Å². The molecule has 1 saturated heterocycles. The first-order valence-corrected chi connectivity index (χ1v) is 7.58. The van der Waals surface area contributed by atoms with Gasteiger partial charge in [0, 0.05) is 25.0 Å². The van der Waals surface area contributed by atoms with E-state index in [2.05, 4.69) is 4.98 Å². The van der Waals surface area contributed by atoms with E-state index in [9.17, 15) is 13.2 Å². The van der Waals surface area contributed by atoms with Gasteiger partial charge in [0.1, 0.15) is 4.90 Å². The maximum absolute atomic E-state index is 12.5. The van der Waals surface area contributed by atoms with Crippen LogP contribution >= 0.6 is 0 Å². The average Bonchev–Trinajstić information content (AvgIpc) is 2.39. The Labute approximate surface area is 112 Å². The van der Waals surface area contributed by atoms with E-state index < -0.39 is 21.8 Å². The molecule has 2 rings (SSSR count). The molecule has 104 valence electrons. The molecule has 0 spiro atoms. The lowest BCUT2D eigenvalue weighted by atomic mass is 9.95. The van der Waals surface area contributed by atoms with Crippen LogP contribution in [0.2, 0.25) is 0 Å². The number of aromatic nitrogens is 1. The highest BCUT2D eigenvalue weighted by Gasteiger charge is 2.36. The monoisotopic (exact) mass is 283 g/mol. The topological polar surface area (TPSA) is 93.4 Å². The smallest absolute Gasteiger partial charge is 0.244 e. The zero-order valence-corrected chi connectivity index (χ0v) is 11.5. The van der Waals surface area contributed by atoms with E-state index in [4.69, 9.17) is 5.73 Å². The Kier molecular flexibility index (Phi) is 3.86. The van der Waals surface area contributed by atoms with Gasteiger partial charge in [-0.25, -0.2) is 8.42 Å².